The van der Waals surface area contributed by atoms with Gasteiger partial charge in [-0.25, -0.2) is 4.98 Å². The molecule has 0 aliphatic heterocycles. The normalized spacial score (nSPS) is 11.9. The molecule has 3 aromatic rings. The maximum Gasteiger partial charge on any atom is 0.253 e. The van der Waals surface area contributed by atoms with E-state index in [1.165, 1.54) is 0 Å². The fourth-order valence-corrected chi connectivity index (χ4v) is 3.34. The molecule has 0 spiro atoms. The number of carbonyl (C=O) groups is 2. The van der Waals surface area contributed by atoms with Gasteiger partial charge in [0.1, 0.15) is 6.54 Å². The third-order valence-electron chi connectivity index (χ3n) is 4.98. The summed E-state index contributed by atoms with van der Waals surface area (Å²) in [5.74, 6) is 0.282. The molecule has 3 N–H and O–H groups in total. The molecule has 2 aromatic carbocycles. The molecule has 0 aliphatic rings. The predicted molar refractivity (Wildman–Crippen MR) is 122 cm³/mol. The van der Waals surface area contributed by atoms with E-state index in [0.29, 0.717) is 36.8 Å². The number of aliphatic hydroxyl groups is 1. The van der Waals surface area contributed by atoms with E-state index in [2.05, 4.69) is 15.6 Å². The number of nitrogens with one attached hydrogen (secondary N) is 2. The first-order valence-electron chi connectivity index (χ1n) is 10.5. The van der Waals surface area contributed by atoms with Crippen molar-refractivity contribution in [2.45, 2.75) is 33.4 Å². The Kier molecular flexibility index (Phi) is 7.25. The average Bonchev–Trinajstić information content (AvgIpc) is 3.11. The number of aromatic nitrogens is 2. The molecule has 0 bridgehead atoms. The number of rotatable bonds is 9. The molecule has 0 fully saturated rings. The number of hydrogen-bond acceptors (Lipinski definition) is 5. The zero-order chi connectivity index (χ0) is 22.4. The third-order valence-corrected chi connectivity index (χ3v) is 4.98. The van der Waals surface area contributed by atoms with Crippen molar-refractivity contribution in [3.05, 3.63) is 54.1 Å². The lowest BCUT2D eigenvalue weighted by Crippen LogP contribution is -2.30. The summed E-state index contributed by atoms with van der Waals surface area (Å²) < 4.78 is 1.78. The van der Waals surface area contributed by atoms with E-state index in [9.17, 15) is 14.7 Å². The summed E-state index contributed by atoms with van der Waals surface area (Å²) in [5.41, 5.74) is 2.80. The molecular weight excluding hydrogens is 394 g/mol. The number of carbonyl (C=O) groups excluding carboxylic acids is 2. The van der Waals surface area contributed by atoms with E-state index in [1.807, 2.05) is 38.1 Å². The summed E-state index contributed by atoms with van der Waals surface area (Å²) in [6.07, 6.45) is -0.542. The highest BCUT2D eigenvalue weighted by Crippen LogP contribution is 2.20. The first-order valence-corrected chi connectivity index (χ1v) is 10.5. The highest BCUT2D eigenvalue weighted by atomic mass is 16.3. The standard InChI is InChI=1S/C23H29N5O3/c1-4-27(5-2)22(31)17-10-12-18(13-11-17)25-21(30)15-28-20-9-7-6-8-19(20)26-23(28)24-14-16(3)29/h6-13,16,29H,4-5,14-15H2,1-3H3,(H,24,26)(H,25,30). The van der Waals surface area contributed by atoms with Crippen LogP contribution in [0.5, 0.6) is 0 Å². The van der Waals surface area contributed by atoms with Gasteiger partial charge in [-0.05, 0) is 57.2 Å². The van der Waals surface area contributed by atoms with Crippen LogP contribution >= 0.6 is 0 Å². The predicted octanol–water partition coefficient (Wildman–Crippen LogP) is 2.95. The van der Waals surface area contributed by atoms with Crippen LogP contribution in [0.25, 0.3) is 11.0 Å². The Morgan fingerprint density at radius 3 is 2.42 bits per heavy atom. The molecule has 0 saturated heterocycles. The van der Waals surface area contributed by atoms with Crippen molar-refractivity contribution in [2.75, 3.05) is 30.3 Å². The van der Waals surface area contributed by atoms with Crippen molar-refractivity contribution >= 4 is 34.5 Å². The second-order valence-electron chi connectivity index (χ2n) is 7.34. The number of fused-ring (bicyclic) bond motifs is 1. The van der Waals surface area contributed by atoms with E-state index in [0.717, 1.165) is 11.0 Å². The van der Waals surface area contributed by atoms with E-state index in [4.69, 9.17) is 0 Å². The number of nitrogens with zero attached hydrogens (tertiary/aromatic N) is 3. The lowest BCUT2D eigenvalue weighted by atomic mass is 10.1. The third kappa shape index (κ3) is 5.40. The summed E-state index contributed by atoms with van der Waals surface area (Å²) in [5, 5.41) is 15.5. The van der Waals surface area contributed by atoms with Crippen LogP contribution in [0.15, 0.2) is 48.5 Å². The first kappa shape index (κ1) is 22.3. The van der Waals surface area contributed by atoms with E-state index in [1.54, 1.807) is 40.7 Å². The monoisotopic (exact) mass is 423 g/mol. The summed E-state index contributed by atoms with van der Waals surface area (Å²) in [6, 6.07) is 14.5. The molecule has 0 radical (unpaired) electrons. The Morgan fingerprint density at radius 2 is 1.77 bits per heavy atom. The largest absolute Gasteiger partial charge is 0.392 e. The fraction of sp³-hybridized carbons (Fsp3) is 0.348. The van der Waals surface area contributed by atoms with Crippen molar-refractivity contribution < 1.29 is 14.7 Å². The molecule has 1 unspecified atom stereocenters. The minimum atomic E-state index is -0.542. The van der Waals surface area contributed by atoms with Gasteiger partial charge in [0.05, 0.1) is 17.1 Å². The maximum atomic E-state index is 12.7. The first-order chi connectivity index (χ1) is 14.9. The van der Waals surface area contributed by atoms with Gasteiger partial charge in [0.25, 0.3) is 5.91 Å². The number of benzene rings is 2. The van der Waals surface area contributed by atoms with Gasteiger partial charge in [-0.15, -0.1) is 0 Å². The number of anilines is 2. The number of imidazole rings is 1. The zero-order valence-corrected chi connectivity index (χ0v) is 18.1. The Bertz CT molecular complexity index is 1040. The Balaban J connectivity index is 1.73. The Labute approximate surface area is 181 Å². The Morgan fingerprint density at radius 1 is 1.10 bits per heavy atom. The molecule has 31 heavy (non-hydrogen) atoms. The van der Waals surface area contributed by atoms with Crippen molar-refractivity contribution in [2.24, 2.45) is 0 Å². The maximum absolute atomic E-state index is 12.7. The number of amides is 2. The van der Waals surface area contributed by atoms with Crippen LogP contribution in [-0.4, -0.2) is 57.1 Å². The van der Waals surface area contributed by atoms with Crippen molar-refractivity contribution in [3.63, 3.8) is 0 Å². The lowest BCUT2D eigenvalue weighted by Gasteiger charge is -2.18. The molecule has 0 aliphatic carbocycles. The molecule has 164 valence electrons. The molecule has 1 atom stereocenters. The summed E-state index contributed by atoms with van der Waals surface area (Å²) >= 11 is 0. The number of aliphatic hydroxyl groups excluding tert-OH is 1. The van der Waals surface area contributed by atoms with Gasteiger partial charge >= 0.3 is 0 Å². The molecule has 2 amide bonds. The quantitative estimate of drug-likeness (QED) is 0.491. The van der Waals surface area contributed by atoms with Crippen molar-refractivity contribution in [3.8, 4) is 0 Å². The fourth-order valence-electron chi connectivity index (χ4n) is 3.34. The van der Waals surface area contributed by atoms with Gasteiger partial charge in [0.2, 0.25) is 11.9 Å². The summed E-state index contributed by atoms with van der Waals surface area (Å²) in [7, 11) is 0. The van der Waals surface area contributed by atoms with Gasteiger partial charge in [0, 0.05) is 30.9 Å². The van der Waals surface area contributed by atoms with Crippen molar-refractivity contribution in [1.82, 2.24) is 14.5 Å². The van der Waals surface area contributed by atoms with Crippen LogP contribution in [0, 0.1) is 0 Å². The van der Waals surface area contributed by atoms with Crippen LogP contribution in [0.1, 0.15) is 31.1 Å². The van der Waals surface area contributed by atoms with Gasteiger partial charge in [-0.1, -0.05) is 12.1 Å². The molecule has 8 nitrogen and oxygen atoms in total. The van der Waals surface area contributed by atoms with Crippen LogP contribution in [0.2, 0.25) is 0 Å². The molecule has 1 heterocycles. The molecule has 0 saturated carbocycles. The highest BCUT2D eigenvalue weighted by Gasteiger charge is 2.15. The van der Waals surface area contributed by atoms with Crippen LogP contribution in [0.3, 0.4) is 0 Å². The van der Waals surface area contributed by atoms with Gasteiger partial charge in [-0.2, -0.15) is 0 Å². The summed E-state index contributed by atoms with van der Waals surface area (Å²) in [6.45, 7) is 7.26. The van der Waals surface area contributed by atoms with E-state index < -0.39 is 6.10 Å². The van der Waals surface area contributed by atoms with E-state index >= 15 is 0 Å². The average molecular weight is 424 g/mol. The van der Waals surface area contributed by atoms with E-state index in [-0.39, 0.29) is 18.4 Å². The summed E-state index contributed by atoms with van der Waals surface area (Å²) in [4.78, 5) is 31.4. The van der Waals surface area contributed by atoms with Gasteiger partial charge in [-0.3, -0.25) is 9.59 Å². The molecule has 8 heteroatoms. The Hall–Kier alpha value is -3.39. The second kappa shape index (κ2) is 10.1. The minimum Gasteiger partial charge on any atom is -0.392 e. The molecule has 1 aromatic heterocycles. The van der Waals surface area contributed by atoms with Crippen LogP contribution < -0.4 is 10.6 Å². The molecular formula is C23H29N5O3. The molecule has 3 rings (SSSR count). The lowest BCUT2D eigenvalue weighted by molar-refractivity contribution is -0.116. The van der Waals surface area contributed by atoms with Gasteiger partial charge in [0.15, 0.2) is 0 Å². The smallest absolute Gasteiger partial charge is 0.253 e. The number of hydrogen-bond donors (Lipinski definition) is 3. The number of para-hydroxylation sites is 2. The SMILES string of the molecule is CCN(CC)C(=O)c1ccc(NC(=O)Cn2c(NCC(C)O)nc3ccccc32)cc1. The van der Waals surface area contributed by atoms with Gasteiger partial charge < -0.3 is 25.2 Å². The minimum absolute atomic E-state index is 0.0263. The highest BCUT2D eigenvalue weighted by molar-refractivity contribution is 5.96. The van der Waals surface area contributed by atoms with Crippen LogP contribution in [-0.2, 0) is 11.3 Å². The van der Waals surface area contributed by atoms with Crippen LogP contribution in [0.4, 0.5) is 11.6 Å². The topological polar surface area (TPSA) is 99.5 Å². The zero-order valence-electron chi connectivity index (χ0n) is 18.1. The van der Waals surface area contributed by atoms with Crippen molar-refractivity contribution in [1.29, 1.82) is 0 Å². The second-order valence-corrected chi connectivity index (χ2v) is 7.34.